The van der Waals surface area contributed by atoms with Gasteiger partial charge >= 0.3 is 0 Å². The summed E-state index contributed by atoms with van der Waals surface area (Å²) < 4.78 is 5.94. The highest BCUT2D eigenvalue weighted by atomic mass is 16.4. The monoisotopic (exact) mass is 419 g/mol. The number of piperidine rings is 1. The summed E-state index contributed by atoms with van der Waals surface area (Å²) in [5, 5.41) is 2.58. The number of carbonyl (C=O) groups is 3. The fourth-order valence-electron chi connectivity index (χ4n) is 3.41. The van der Waals surface area contributed by atoms with Crippen LogP contribution in [0.3, 0.4) is 0 Å². The number of oxazole rings is 1. The Morgan fingerprint density at radius 1 is 1.33 bits per heavy atom. The minimum atomic E-state index is -0.822. The number of amides is 2. The van der Waals surface area contributed by atoms with Crippen molar-refractivity contribution < 1.29 is 18.8 Å². The van der Waals surface area contributed by atoms with Crippen LogP contribution in [0.4, 0.5) is 0 Å². The first kappa shape index (κ1) is 24.1. The van der Waals surface area contributed by atoms with E-state index in [1.54, 1.807) is 13.8 Å². The standard InChI is InChI=1S/C22H35N4O4/c1-14(2)12-15-19(30-20(25-15)16-8-6-7-11-26(16)5)17(27)13-24-18(28)9-10-22(3,4)21(23)29/h9,14,16H,6-8,10-13H2,1-5H3,(H2,23,29)(H,24,28). The van der Waals surface area contributed by atoms with Crippen molar-refractivity contribution in [1.82, 2.24) is 15.2 Å². The van der Waals surface area contributed by atoms with Gasteiger partial charge in [-0.15, -0.1) is 0 Å². The highest BCUT2D eigenvalue weighted by molar-refractivity contribution is 5.99. The van der Waals surface area contributed by atoms with Crippen molar-refractivity contribution in [2.24, 2.45) is 17.1 Å². The van der Waals surface area contributed by atoms with E-state index in [0.29, 0.717) is 23.9 Å². The summed E-state index contributed by atoms with van der Waals surface area (Å²) in [6, 6.07) is 0.0742. The summed E-state index contributed by atoms with van der Waals surface area (Å²) in [7, 11) is 2.04. The predicted octanol–water partition coefficient (Wildman–Crippen LogP) is 2.43. The van der Waals surface area contributed by atoms with Crippen molar-refractivity contribution in [2.75, 3.05) is 20.1 Å². The summed E-state index contributed by atoms with van der Waals surface area (Å²) in [4.78, 5) is 43.1. The number of nitrogens with one attached hydrogen (secondary N) is 1. The summed E-state index contributed by atoms with van der Waals surface area (Å²) in [5.74, 6) is -0.0817. The highest BCUT2D eigenvalue weighted by Crippen LogP contribution is 2.31. The van der Waals surface area contributed by atoms with Gasteiger partial charge in [-0.3, -0.25) is 19.3 Å². The Labute approximate surface area is 179 Å². The fourth-order valence-corrected chi connectivity index (χ4v) is 3.41. The van der Waals surface area contributed by atoms with Gasteiger partial charge in [0.15, 0.2) is 5.76 Å². The maximum absolute atomic E-state index is 12.8. The largest absolute Gasteiger partial charge is 0.435 e. The van der Waals surface area contributed by atoms with Crippen LogP contribution in [-0.4, -0.2) is 47.6 Å². The third-order valence-electron chi connectivity index (χ3n) is 5.51. The van der Waals surface area contributed by atoms with E-state index in [1.165, 1.54) is 6.42 Å². The predicted molar refractivity (Wildman–Crippen MR) is 113 cm³/mol. The molecule has 1 aromatic rings. The molecule has 2 heterocycles. The SMILES string of the molecule is CC(C)Cc1nc(C2CCCCN2C)oc1C(=O)CNC(=O)[CH]CC(C)(C)C(N)=O. The Morgan fingerprint density at radius 2 is 2.03 bits per heavy atom. The normalized spacial score (nSPS) is 17.9. The number of Topliss-reactive ketones (excluding diaryl/α,β-unsaturated/α-hetero) is 1. The number of hydrogen-bond acceptors (Lipinski definition) is 6. The van der Waals surface area contributed by atoms with Crippen LogP contribution in [0.5, 0.6) is 0 Å². The lowest BCUT2D eigenvalue weighted by molar-refractivity contribution is -0.126. The number of likely N-dealkylation sites (tertiary alicyclic amines) is 1. The Hall–Kier alpha value is -2.22. The smallest absolute Gasteiger partial charge is 0.224 e. The van der Waals surface area contributed by atoms with Gasteiger partial charge in [-0.05, 0) is 45.2 Å². The number of rotatable bonds is 10. The van der Waals surface area contributed by atoms with Crippen LogP contribution in [0.2, 0.25) is 0 Å². The summed E-state index contributed by atoms with van der Waals surface area (Å²) in [5.41, 5.74) is 5.15. The van der Waals surface area contributed by atoms with Gasteiger partial charge in [0.25, 0.3) is 0 Å². The molecule has 1 unspecified atom stereocenters. The lowest BCUT2D eigenvalue weighted by Gasteiger charge is -2.29. The molecule has 8 heteroatoms. The van der Waals surface area contributed by atoms with Gasteiger partial charge in [0.05, 0.1) is 24.7 Å². The summed E-state index contributed by atoms with van der Waals surface area (Å²) in [6.45, 7) is 8.25. The topological polar surface area (TPSA) is 119 Å². The molecule has 1 aliphatic heterocycles. The Morgan fingerprint density at radius 3 is 2.63 bits per heavy atom. The minimum absolute atomic E-state index is 0.0742. The van der Waals surface area contributed by atoms with Gasteiger partial charge < -0.3 is 15.5 Å². The lowest BCUT2D eigenvalue weighted by atomic mass is 9.87. The average molecular weight is 420 g/mol. The molecule has 1 aromatic heterocycles. The molecule has 2 amide bonds. The number of nitrogens with two attached hydrogens (primary N) is 1. The van der Waals surface area contributed by atoms with Crippen LogP contribution in [0.15, 0.2) is 4.42 Å². The Balaban J connectivity index is 2.04. The van der Waals surface area contributed by atoms with Crippen LogP contribution >= 0.6 is 0 Å². The second-order valence-corrected chi connectivity index (χ2v) is 9.22. The van der Waals surface area contributed by atoms with Crippen molar-refractivity contribution in [2.45, 2.75) is 65.8 Å². The van der Waals surface area contributed by atoms with Crippen molar-refractivity contribution in [3.05, 3.63) is 23.8 Å². The maximum atomic E-state index is 12.8. The van der Waals surface area contributed by atoms with Crippen molar-refractivity contribution >= 4 is 17.6 Å². The second kappa shape index (κ2) is 10.2. The molecule has 1 radical (unpaired) electrons. The highest BCUT2D eigenvalue weighted by Gasteiger charge is 2.30. The molecule has 1 fully saturated rings. The summed E-state index contributed by atoms with van der Waals surface area (Å²) in [6.07, 6.45) is 5.37. The van der Waals surface area contributed by atoms with Crippen LogP contribution in [0.25, 0.3) is 0 Å². The van der Waals surface area contributed by atoms with E-state index in [2.05, 4.69) is 29.0 Å². The zero-order valence-electron chi connectivity index (χ0n) is 18.8. The van der Waals surface area contributed by atoms with Gasteiger partial charge in [0.1, 0.15) is 0 Å². The first-order chi connectivity index (χ1) is 14.0. The van der Waals surface area contributed by atoms with Gasteiger partial charge in [0, 0.05) is 5.41 Å². The molecule has 8 nitrogen and oxygen atoms in total. The number of nitrogens with zero attached hydrogens (tertiary/aromatic N) is 2. The molecule has 1 aliphatic rings. The molecule has 30 heavy (non-hydrogen) atoms. The molecule has 1 atom stereocenters. The first-order valence-electron chi connectivity index (χ1n) is 10.6. The minimum Gasteiger partial charge on any atom is -0.435 e. The molecule has 0 aliphatic carbocycles. The summed E-state index contributed by atoms with van der Waals surface area (Å²) >= 11 is 0. The molecule has 167 valence electrons. The van der Waals surface area contributed by atoms with Gasteiger partial charge in [-0.2, -0.15) is 0 Å². The number of aromatic nitrogens is 1. The number of primary amides is 1. The number of ketones is 1. The van der Waals surface area contributed by atoms with E-state index < -0.39 is 17.2 Å². The molecule has 1 saturated heterocycles. The van der Waals surface area contributed by atoms with Crippen molar-refractivity contribution in [3.63, 3.8) is 0 Å². The maximum Gasteiger partial charge on any atom is 0.224 e. The Kier molecular flexibility index (Phi) is 8.18. The number of hydrogen-bond donors (Lipinski definition) is 2. The lowest BCUT2D eigenvalue weighted by Crippen LogP contribution is -2.35. The van der Waals surface area contributed by atoms with Crippen LogP contribution in [0, 0.1) is 17.8 Å². The van der Waals surface area contributed by atoms with Gasteiger partial charge in [-0.1, -0.05) is 34.1 Å². The van der Waals surface area contributed by atoms with E-state index >= 15 is 0 Å². The third kappa shape index (κ3) is 6.39. The van der Waals surface area contributed by atoms with Crippen LogP contribution in [-0.2, 0) is 16.0 Å². The van der Waals surface area contributed by atoms with E-state index in [4.69, 9.17) is 10.2 Å². The molecule has 0 aromatic carbocycles. The molecule has 2 rings (SSSR count). The zero-order chi connectivity index (χ0) is 22.5. The molecular weight excluding hydrogens is 384 g/mol. The van der Waals surface area contributed by atoms with E-state index in [1.807, 2.05) is 7.05 Å². The second-order valence-electron chi connectivity index (χ2n) is 9.22. The van der Waals surface area contributed by atoms with Gasteiger partial charge in [0.2, 0.25) is 23.5 Å². The quantitative estimate of drug-likeness (QED) is 0.562. The molecule has 0 saturated carbocycles. The van der Waals surface area contributed by atoms with E-state index in [0.717, 1.165) is 25.8 Å². The van der Waals surface area contributed by atoms with Crippen LogP contribution in [0.1, 0.15) is 81.6 Å². The number of carbonyl (C=O) groups excluding carboxylic acids is 3. The van der Waals surface area contributed by atoms with Crippen LogP contribution < -0.4 is 11.1 Å². The van der Waals surface area contributed by atoms with Crippen molar-refractivity contribution in [3.8, 4) is 0 Å². The molecule has 0 spiro atoms. The fraction of sp³-hybridized carbons (Fsp3) is 0.682. The van der Waals surface area contributed by atoms with E-state index in [9.17, 15) is 14.4 Å². The zero-order valence-corrected chi connectivity index (χ0v) is 18.8. The Bertz CT molecular complexity index is 769. The molecule has 3 N–H and O–H groups in total. The third-order valence-corrected chi connectivity index (χ3v) is 5.51. The first-order valence-corrected chi connectivity index (χ1v) is 10.6. The van der Waals surface area contributed by atoms with Gasteiger partial charge in [-0.25, -0.2) is 4.98 Å². The molecular formula is C22H35N4O4. The average Bonchev–Trinajstić information content (AvgIpc) is 3.07. The van der Waals surface area contributed by atoms with Crippen molar-refractivity contribution in [1.29, 1.82) is 0 Å². The molecule has 0 bridgehead atoms. The van der Waals surface area contributed by atoms with E-state index in [-0.39, 0.29) is 30.6 Å².